The van der Waals surface area contributed by atoms with Gasteiger partial charge in [-0.2, -0.15) is 0 Å². The number of esters is 2. The highest BCUT2D eigenvalue weighted by molar-refractivity contribution is 5.96. The van der Waals surface area contributed by atoms with E-state index in [9.17, 15) is 14.4 Å². The molecule has 0 bridgehead atoms. The minimum absolute atomic E-state index is 0.0713. The summed E-state index contributed by atoms with van der Waals surface area (Å²) in [5.74, 6) is -2.16. The van der Waals surface area contributed by atoms with Gasteiger partial charge in [0.05, 0.1) is 13.2 Å². The second kappa shape index (κ2) is 7.25. The predicted molar refractivity (Wildman–Crippen MR) is 80.0 cm³/mol. The van der Waals surface area contributed by atoms with Gasteiger partial charge in [-0.25, -0.2) is 0 Å². The van der Waals surface area contributed by atoms with Crippen LogP contribution in [0.4, 0.5) is 0 Å². The van der Waals surface area contributed by atoms with Crippen molar-refractivity contribution in [2.45, 2.75) is 58.8 Å². The molecule has 0 N–H and O–H groups in total. The first-order chi connectivity index (χ1) is 10.5. The van der Waals surface area contributed by atoms with E-state index >= 15 is 0 Å². The van der Waals surface area contributed by atoms with Gasteiger partial charge in [-0.3, -0.25) is 14.4 Å². The molecule has 0 radical (unpaired) electrons. The number of ether oxygens (including phenoxy) is 2. The lowest BCUT2D eigenvalue weighted by atomic mass is 9.60. The van der Waals surface area contributed by atoms with Crippen molar-refractivity contribution < 1.29 is 23.9 Å². The molecule has 0 saturated heterocycles. The van der Waals surface area contributed by atoms with Gasteiger partial charge in [-0.05, 0) is 44.4 Å². The molecule has 0 aromatic heterocycles. The molecular weight excluding hydrogens is 284 g/mol. The molecule has 2 saturated carbocycles. The van der Waals surface area contributed by atoms with Crippen LogP contribution in [0.3, 0.4) is 0 Å². The summed E-state index contributed by atoms with van der Waals surface area (Å²) in [5.41, 5.74) is -0.0713. The molecule has 2 aliphatic rings. The van der Waals surface area contributed by atoms with Crippen LogP contribution in [-0.4, -0.2) is 30.9 Å². The Balaban J connectivity index is 2.30. The van der Waals surface area contributed by atoms with E-state index in [2.05, 4.69) is 0 Å². The Morgan fingerprint density at radius 2 is 1.64 bits per heavy atom. The highest BCUT2D eigenvalue weighted by atomic mass is 16.6. The minimum Gasteiger partial charge on any atom is -0.465 e. The molecule has 0 heterocycles. The smallest absolute Gasteiger partial charge is 0.320 e. The Kier molecular flexibility index (Phi) is 5.59. The third-order valence-electron chi connectivity index (χ3n) is 5.22. The second-order valence-corrected chi connectivity index (χ2v) is 6.40. The summed E-state index contributed by atoms with van der Waals surface area (Å²) in [6.07, 6.45) is 5.82. The fourth-order valence-corrected chi connectivity index (χ4v) is 4.20. The lowest BCUT2D eigenvalue weighted by molar-refractivity contribution is -0.169. The molecule has 5 nitrogen and oxygen atoms in total. The van der Waals surface area contributed by atoms with Gasteiger partial charge in [0.1, 0.15) is 5.78 Å². The second-order valence-electron chi connectivity index (χ2n) is 6.40. The number of carbonyl (C=O) groups is 3. The van der Waals surface area contributed by atoms with Crippen molar-refractivity contribution in [2.75, 3.05) is 13.2 Å². The van der Waals surface area contributed by atoms with Crippen LogP contribution in [0.1, 0.15) is 58.8 Å². The maximum atomic E-state index is 12.4. The van der Waals surface area contributed by atoms with Crippen molar-refractivity contribution in [1.29, 1.82) is 0 Å². The van der Waals surface area contributed by atoms with E-state index in [1.807, 2.05) is 0 Å². The fourth-order valence-electron chi connectivity index (χ4n) is 4.20. The lowest BCUT2D eigenvalue weighted by Gasteiger charge is -2.43. The average Bonchev–Trinajstić information content (AvgIpc) is 2.93. The molecule has 1 spiro atoms. The van der Waals surface area contributed by atoms with Crippen LogP contribution in [0.2, 0.25) is 0 Å². The van der Waals surface area contributed by atoms with Crippen LogP contribution in [-0.2, 0) is 23.9 Å². The first-order valence-corrected chi connectivity index (χ1v) is 8.39. The number of rotatable bonds is 5. The molecule has 2 rings (SSSR count). The SMILES string of the molecule is CCOC(=O)C(C(=O)OCC)C1CC(=O)CCC12CCCC2. The molecule has 0 aliphatic heterocycles. The van der Waals surface area contributed by atoms with Gasteiger partial charge in [0.25, 0.3) is 0 Å². The summed E-state index contributed by atoms with van der Waals surface area (Å²) in [7, 11) is 0. The first-order valence-electron chi connectivity index (χ1n) is 8.39. The van der Waals surface area contributed by atoms with Gasteiger partial charge in [-0.1, -0.05) is 12.8 Å². The molecule has 124 valence electrons. The van der Waals surface area contributed by atoms with E-state index < -0.39 is 17.9 Å². The molecule has 5 heteroatoms. The van der Waals surface area contributed by atoms with E-state index in [1.54, 1.807) is 13.8 Å². The molecule has 0 amide bonds. The zero-order chi connectivity index (χ0) is 16.2. The lowest BCUT2D eigenvalue weighted by Crippen LogP contribution is -2.46. The van der Waals surface area contributed by atoms with Gasteiger partial charge in [0.15, 0.2) is 5.92 Å². The zero-order valence-corrected chi connectivity index (χ0v) is 13.6. The normalized spacial score (nSPS) is 23.8. The highest BCUT2D eigenvalue weighted by Crippen LogP contribution is 2.54. The monoisotopic (exact) mass is 310 g/mol. The van der Waals surface area contributed by atoms with Crippen molar-refractivity contribution in [3.63, 3.8) is 0 Å². The summed E-state index contributed by atoms with van der Waals surface area (Å²) in [4.78, 5) is 36.7. The molecule has 1 atom stereocenters. The Hall–Kier alpha value is -1.39. The Bertz CT molecular complexity index is 418. The number of Topliss-reactive ketones (excluding diaryl/α,β-unsaturated/α-hetero) is 1. The molecule has 22 heavy (non-hydrogen) atoms. The van der Waals surface area contributed by atoms with E-state index in [0.717, 1.165) is 32.1 Å². The highest BCUT2D eigenvalue weighted by Gasteiger charge is 2.53. The van der Waals surface area contributed by atoms with Crippen LogP contribution >= 0.6 is 0 Å². The fraction of sp³-hybridized carbons (Fsp3) is 0.824. The van der Waals surface area contributed by atoms with Gasteiger partial charge in [0.2, 0.25) is 0 Å². The van der Waals surface area contributed by atoms with Crippen LogP contribution in [0, 0.1) is 17.3 Å². The Morgan fingerprint density at radius 1 is 1.09 bits per heavy atom. The maximum absolute atomic E-state index is 12.4. The number of hydrogen-bond acceptors (Lipinski definition) is 5. The third kappa shape index (κ3) is 3.33. The summed E-state index contributed by atoms with van der Waals surface area (Å²) >= 11 is 0. The van der Waals surface area contributed by atoms with Crippen molar-refractivity contribution in [1.82, 2.24) is 0 Å². The zero-order valence-electron chi connectivity index (χ0n) is 13.6. The van der Waals surface area contributed by atoms with Crippen molar-refractivity contribution in [2.24, 2.45) is 17.3 Å². The first kappa shape index (κ1) is 17.0. The van der Waals surface area contributed by atoms with Crippen LogP contribution in [0.15, 0.2) is 0 Å². The van der Waals surface area contributed by atoms with Gasteiger partial charge in [0, 0.05) is 12.8 Å². The molecule has 0 aromatic rings. The summed E-state index contributed by atoms with van der Waals surface area (Å²) in [6, 6.07) is 0. The largest absolute Gasteiger partial charge is 0.465 e. The van der Waals surface area contributed by atoms with Crippen molar-refractivity contribution >= 4 is 17.7 Å². The third-order valence-corrected chi connectivity index (χ3v) is 5.22. The van der Waals surface area contributed by atoms with Gasteiger partial charge in [-0.15, -0.1) is 0 Å². The number of ketones is 1. The van der Waals surface area contributed by atoms with Crippen LogP contribution < -0.4 is 0 Å². The van der Waals surface area contributed by atoms with E-state index in [0.29, 0.717) is 12.8 Å². The van der Waals surface area contributed by atoms with Crippen LogP contribution in [0.25, 0.3) is 0 Å². The van der Waals surface area contributed by atoms with E-state index in [4.69, 9.17) is 9.47 Å². The Labute approximate surface area is 131 Å². The maximum Gasteiger partial charge on any atom is 0.320 e. The molecular formula is C17H26O5. The topological polar surface area (TPSA) is 69.7 Å². The molecule has 0 aromatic carbocycles. The number of carbonyl (C=O) groups excluding carboxylic acids is 3. The standard InChI is InChI=1S/C17H26O5/c1-3-21-15(19)14(16(20)22-4-2)13-11-12(18)7-10-17(13)8-5-6-9-17/h13-14H,3-11H2,1-2H3. The van der Waals surface area contributed by atoms with Crippen molar-refractivity contribution in [3.05, 3.63) is 0 Å². The van der Waals surface area contributed by atoms with Gasteiger partial charge < -0.3 is 9.47 Å². The quantitative estimate of drug-likeness (QED) is 0.577. The average molecular weight is 310 g/mol. The van der Waals surface area contributed by atoms with Crippen LogP contribution in [0.5, 0.6) is 0 Å². The van der Waals surface area contributed by atoms with E-state index in [1.165, 1.54) is 0 Å². The van der Waals surface area contributed by atoms with Gasteiger partial charge >= 0.3 is 11.9 Å². The predicted octanol–water partition coefficient (Wildman–Crippen LogP) is 2.66. The minimum atomic E-state index is -0.956. The Morgan fingerprint density at radius 3 is 2.14 bits per heavy atom. The summed E-state index contributed by atoms with van der Waals surface area (Å²) in [6.45, 7) is 3.89. The molecule has 1 unspecified atom stereocenters. The van der Waals surface area contributed by atoms with E-state index in [-0.39, 0.29) is 30.3 Å². The summed E-state index contributed by atoms with van der Waals surface area (Å²) < 4.78 is 10.2. The number of hydrogen-bond donors (Lipinski definition) is 0. The molecule has 2 fully saturated rings. The van der Waals surface area contributed by atoms with Crippen molar-refractivity contribution in [3.8, 4) is 0 Å². The molecule has 2 aliphatic carbocycles. The summed E-state index contributed by atoms with van der Waals surface area (Å²) in [5, 5.41) is 0.